The highest BCUT2D eigenvalue weighted by Crippen LogP contribution is 2.72. The molecule has 0 aliphatic carbocycles. The van der Waals surface area contributed by atoms with Crippen LogP contribution in [0.2, 0.25) is 0 Å². The number of amides is 2. The molecular formula is C24H26FN2O5P. The Morgan fingerprint density at radius 3 is 2.24 bits per heavy atom. The molecule has 2 aliphatic heterocycles. The van der Waals surface area contributed by atoms with Crippen LogP contribution in [0.1, 0.15) is 25.0 Å². The molecular weight excluding hydrogens is 446 g/mol. The van der Waals surface area contributed by atoms with Gasteiger partial charge in [0.2, 0.25) is 11.8 Å². The van der Waals surface area contributed by atoms with Crippen molar-refractivity contribution in [1.29, 1.82) is 0 Å². The van der Waals surface area contributed by atoms with Gasteiger partial charge in [-0.1, -0.05) is 42.5 Å². The van der Waals surface area contributed by atoms with Crippen molar-refractivity contribution in [1.82, 2.24) is 4.90 Å². The Labute approximate surface area is 192 Å². The lowest BCUT2D eigenvalue weighted by atomic mass is 9.87. The fourth-order valence-corrected chi connectivity index (χ4v) is 7.06. The zero-order valence-electron chi connectivity index (χ0n) is 18.5. The number of halogens is 1. The Morgan fingerprint density at radius 1 is 1.00 bits per heavy atom. The summed E-state index contributed by atoms with van der Waals surface area (Å²) in [5.41, 5.74) is 1.30. The van der Waals surface area contributed by atoms with Crippen molar-refractivity contribution < 1.29 is 27.6 Å². The maximum atomic E-state index is 14.2. The van der Waals surface area contributed by atoms with Crippen LogP contribution in [0.15, 0.2) is 59.6 Å². The van der Waals surface area contributed by atoms with Crippen LogP contribution < -0.4 is 0 Å². The first-order valence-electron chi connectivity index (χ1n) is 11.0. The van der Waals surface area contributed by atoms with Gasteiger partial charge in [-0.25, -0.2) is 4.39 Å². The minimum atomic E-state index is -4.00. The summed E-state index contributed by atoms with van der Waals surface area (Å²) in [7, 11) is -4.00. The molecule has 33 heavy (non-hydrogen) atoms. The van der Waals surface area contributed by atoms with Gasteiger partial charge in [0.25, 0.3) is 0 Å². The van der Waals surface area contributed by atoms with Crippen LogP contribution >= 0.6 is 7.60 Å². The standard InChI is InChI=1S/C24H26FN2O5P/c1-3-31-33(30,32-4-2)24(18-8-6-5-7-9-18)21-20(16-26-24)22(28)27(23(21)29)15-14-17-10-12-19(25)13-11-17/h5-13,16,20-21H,3-4,14-15H2,1-2H3. The lowest BCUT2D eigenvalue weighted by molar-refractivity contribution is -0.140. The Kier molecular flexibility index (Phi) is 6.61. The first-order chi connectivity index (χ1) is 15.9. The molecule has 2 aromatic carbocycles. The Morgan fingerprint density at radius 2 is 1.64 bits per heavy atom. The fraction of sp³-hybridized carbons (Fsp3) is 0.375. The van der Waals surface area contributed by atoms with Crippen molar-refractivity contribution >= 4 is 25.6 Å². The summed E-state index contributed by atoms with van der Waals surface area (Å²) in [6, 6.07) is 14.7. The Bertz CT molecular complexity index is 1100. The van der Waals surface area contributed by atoms with Crippen molar-refractivity contribution in [2.75, 3.05) is 19.8 Å². The van der Waals surface area contributed by atoms with Crippen LogP contribution in [-0.4, -0.2) is 42.7 Å². The number of benzene rings is 2. The predicted octanol–water partition coefficient (Wildman–Crippen LogP) is 4.17. The monoisotopic (exact) mass is 472 g/mol. The third kappa shape index (κ3) is 3.86. The summed E-state index contributed by atoms with van der Waals surface area (Å²) in [6.07, 6.45) is 1.79. The van der Waals surface area contributed by atoms with Gasteiger partial charge >= 0.3 is 7.60 Å². The van der Waals surface area contributed by atoms with Gasteiger partial charge in [-0.15, -0.1) is 0 Å². The fourth-order valence-electron chi connectivity index (χ4n) is 4.62. The van der Waals surface area contributed by atoms with Crippen LogP contribution in [0.5, 0.6) is 0 Å². The van der Waals surface area contributed by atoms with E-state index in [2.05, 4.69) is 4.99 Å². The molecule has 2 aromatic rings. The van der Waals surface area contributed by atoms with Gasteiger partial charge in [0, 0.05) is 12.8 Å². The van der Waals surface area contributed by atoms with Gasteiger partial charge in [-0.2, -0.15) is 0 Å². The van der Waals surface area contributed by atoms with Crippen molar-refractivity contribution in [2.24, 2.45) is 16.8 Å². The van der Waals surface area contributed by atoms with Crippen molar-refractivity contribution in [2.45, 2.75) is 25.5 Å². The van der Waals surface area contributed by atoms with Crippen molar-refractivity contribution in [3.63, 3.8) is 0 Å². The highest BCUT2D eigenvalue weighted by molar-refractivity contribution is 7.55. The van der Waals surface area contributed by atoms with E-state index in [0.29, 0.717) is 12.0 Å². The van der Waals surface area contributed by atoms with E-state index in [1.165, 1.54) is 23.2 Å². The molecule has 3 atom stereocenters. The molecule has 1 saturated heterocycles. The number of hydrogen-bond donors (Lipinski definition) is 0. The van der Waals surface area contributed by atoms with Crippen LogP contribution in [0.25, 0.3) is 0 Å². The van der Waals surface area contributed by atoms with Crippen LogP contribution in [0.4, 0.5) is 4.39 Å². The second kappa shape index (κ2) is 9.29. The van der Waals surface area contributed by atoms with E-state index in [1.807, 2.05) is 0 Å². The molecule has 1 fully saturated rings. The predicted molar refractivity (Wildman–Crippen MR) is 121 cm³/mol. The number of nitrogens with zero attached hydrogens (tertiary/aromatic N) is 2. The first-order valence-corrected chi connectivity index (χ1v) is 12.5. The molecule has 174 valence electrons. The minimum Gasteiger partial charge on any atom is -0.307 e. The molecule has 9 heteroatoms. The molecule has 0 N–H and O–H groups in total. The number of fused-ring (bicyclic) bond motifs is 1. The lowest BCUT2D eigenvalue weighted by Crippen LogP contribution is -2.40. The number of hydrogen-bond acceptors (Lipinski definition) is 6. The van der Waals surface area contributed by atoms with E-state index in [0.717, 1.165) is 5.56 Å². The normalized spacial score (nSPS) is 24.5. The van der Waals surface area contributed by atoms with E-state index in [1.54, 1.807) is 56.3 Å². The SMILES string of the molecule is CCOP(=O)(OCC)C1(c2ccccc2)N=CC2C(=O)N(CCc3ccc(F)cc3)C(=O)C21. The van der Waals surface area contributed by atoms with Crippen LogP contribution in [-0.2, 0) is 34.9 Å². The zero-order chi connectivity index (χ0) is 23.6. The molecule has 7 nitrogen and oxygen atoms in total. The molecule has 0 saturated carbocycles. The van der Waals surface area contributed by atoms with Gasteiger partial charge in [-0.05, 0) is 43.5 Å². The topological polar surface area (TPSA) is 85.3 Å². The smallest absolute Gasteiger partial charge is 0.307 e. The molecule has 2 amide bonds. The van der Waals surface area contributed by atoms with Gasteiger partial charge in [0.1, 0.15) is 5.82 Å². The van der Waals surface area contributed by atoms with Crippen LogP contribution in [0, 0.1) is 17.7 Å². The van der Waals surface area contributed by atoms with E-state index in [-0.39, 0.29) is 25.6 Å². The maximum absolute atomic E-state index is 14.2. The quantitative estimate of drug-likeness (QED) is 0.404. The minimum absolute atomic E-state index is 0.0924. The number of carbonyl (C=O) groups is 2. The van der Waals surface area contributed by atoms with Crippen molar-refractivity contribution in [3.8, 4) is 0 Å². The number of likely N-dealkylation sites (tertiary alicyclic amines) is 1. The average molecular weight is 472 g/mol. The molecule has 2 heterocycles. The highest BCUT2D eigenvalue weighted by Gasteiger charge is 2.69. The summed E-state index contributed by atoms with van der Waals surface area (Å²) in [4.78, 5) is 32.6. The number of rotatable bonds is 9. The Balaban J connectivity index is 1.73. The molecule has 4 rings (SSSR count). The third-order valence-corrected chi connectivity index (χ3v) is 8.74. The van der Waals surface area contributed by atoms with Crippen LogP contribution in [0.3, 0.4) is 0 Å². The summed E-state index contributed by atoms with van der Waals surface area (Å²) < 4.78 is 38.7. The van der Waals surface area contributed by atoms with Gasteiger partial charge in [-0.3, -0.25) is 24.0 Å². The molecule has 0 radical (unpaired) electrons. The molecule has 2 aliphatic rings. The molecule has 0 bridgehead atoms. The zero-order valence-corrected chi connectivity index (χ0v) is 19.4. The molecule has 3 unspecified atom stereocenters. The summed E-state index contributed by atoms with van der Waals surface area (Å²) in [6.45, 7) is 3.70. The van der Waals surface area contributed by atoms with Gasteiger partial charge < -0.3 is 9.05 Å². The molecule has 0 spiro atoms. The average Bonchev–Trinajstić information content (AvgIpc) is 3.33. The van der Waals surface area contributed by atoms with Crippen molar-refractivity contribution in [3.05, 3.63) is 71.5 Å². The van der Waals surface area contributed by atoms with Gasteiger partial charge in [0.05, 0.1) is 25.0 Å². The summed E-state index contributed by atoms with van der Waals surface area (Å²) in [5, 5.41) is -1.65. The van der Waals surface area contributed by atoms with E-state index >= 15 is 0 Å². The second-order valence-electron chi connectivity index (χ2n) is 7.91. The molecule has 0 aromatic heterocycles. The second-order valence-corrected chi connectivity index (χ2v) is 10.1. The number of aliphatic imine (C=N–C) groups is 1. The lowest BCUT2D eigenvalue weighted by Gasteiger charge is -2.37. The van der Waals surface area contributed by atoms with E-state index in [4.69, 9.17) is 9.05 Å². The highest BCUT2D eigenvalue weighted by atomic mass is 31.2. The third-order valence-electron chi connectivity index (χ3n) is 6.06. The largest absolute Gasteiger partial charge is 0.363 e. The number of carbonyl (C=O) groups excluding carboxylic acids is 2. The summed E-state index contributed by atoms with van der Waals surface area (Å²) >= 11 is 0. The van der Waals surface area contributed by atoms with E-state index < -0.39 is 36.5 Å². The first kappa shape index (κ1) is 23.5. The maximum Gasteiger partial charge on any atom is 0.363 e. The Hall–Kier alpha value is -2.67. The van der Waals surface area contributed by atoms with E-state index in [9.17, 15) is 18.5 Å². The summed E-state index contributed by atoms with van der Waals surface area (Å²) in [5.74, 6) is -3.11. The number of imide groups is 1. The van der Waals surface area contributed by atoms with Gasteiger partial charge in [0.15, 0.2) is 5.28 Å².